The number of aliphatic carboxylic acids is 1. The van der Waals surface area contributed by atoms with Gasteiger partial charge in [-0.1, -0.05) is 6.42 Å². The number of carbonyl (C=O) groups is 3. The topological polar surface area (TPSA) is 95.9 Å². The van der Waals surface area contributed by atoms with E-state index < -0.39 is 17.8 Å². The Hall–Kier alpha value is -1.63. The maximum absolute atomic E-state index is 12.2. The van der Waals surface area contributed by atoms with E-state index in [-0.39, 0.29) is 18.4 Å². The van der Waals surface area contributed by atoms with Crippen LogP contribution in [0.2, 0.25) is 0 Å². The standard InChI is InChI=1S/C13H22N2O5/c1-15(8-11(16)14-6-7-20-2)12(17)9-4-3-5-10(9)13(18)19/h9-10H,3-8H2,1-2H3,(H,14,16)(H,18,19)/t9-,10+/m1/s1. The van der Waals surface area contributed by atoms with Crippen LogP contribution in [0.15, 0.2) is 0 Å². The smallest absolute Gasteiger partial charge is 0.307 e. The molecule has 0 aromatic carbocycles. The second-order valence-electron chi connectivity index (χ2n) is 5.02. The summed E-state index contributed by atoms with van der Waals surface area (Å²) in [6.45, 7) is 0.733. The molecule has 0 spiro atoms. The Bertz CT molecular complexity index is 372. The Kier molecular flexibility index (Phi) is 6.44. The van der Waals surface area contributed by atoms with Crippen molar-refractivity contribution in [2.75, 3.05) is 33.9 Å². The van der Waals surface area contributed by atoms with E-state index in [0.29, 0.717) is 26.0 Å². The van der Waals surface area contributed by atoms with Crippen LogP contribution in [0.5, 0.6) is 0 Å². The van der Waals surface area contributed by atoms with Crippen molar-refractivity contribution in [2.45, 2.75) is 19.3 Å². The minimum Gasteiger partial charge on any atom is -0.481 e. The van der Waals surface area contributed by atoms with Gasteiger partial charge in [-0.15, -0.1) is 0 Å². The Morgan fingerprint density at radius 1 is 1.30 bits per heavy atom. The van der Waals surface area contributed by atoms with Gasteiger partial charge in [0, 0.05) is 20.7 Å². The van der Waals surface area contributed by atoms with E-state index in [2.05, 4.69) is 5.32 Å². The Morgan fingerprint density at radius 2 is 1.95 bits per heavy atom. The summed E-state index contributed by atoms with van der Waals surface area (Å²) in [5.74, 6) is -2.61. The summed E-state index contributed by atoms with van der Waals surface area (Å²) >= 11 is 0. The first-order valence-electron chi connectivity index (χ1n) is 6.70. The molecule has 1 aliphatic carbocycles. The van der Waals surface area contributed by atoms with E-state index in [4.69, 9.17) is 9.84 Å². The van der Waals surface area contributed by atoms with Crippen molar-refractivity contribution in [1.82, 2.24) is 10.2 Å². The number of carboxylic acid groups (broad SMARTS) is 1. The SMILES string of the molecule is COCCNC(=O)CN(C)C(=O)[C@@H]1CCC[C@@H]1C(=O)O. The number of carbonyl (C=O) groups excluding carboxylic acids is 2. The van der Waals surface area contributed by atoms with Gasteiger partial charge >= 0.3 is 5.97 Å². The highest BCUT2D eigenvalue weighted by Gasteiger charge is 2.39. The second-order valence-corrected chi connectivity index (χ2v) is 5.02. The van der Waals surface area contributed by atoms with Crippen molar-refractivity contribution < 1.29 is 24.2 Å². The Morgan fingerprint density at radius 3 is 2.55 bits per heavy atom. The third-order valence-corrected chi connectivity index (χ3v) is 3.54. The summed E-state index contributed by atoms with van der Waals surface area (Å²) < 4.78 is 4.81. The summed E-state index contributed by atoms with van der Waals surface area (Å²) in [5, 5.41) is 11.7. The zero-order valence-corrected chi connectivity index (χ0v) is 11.9. The molecule has 1 fully saturated rings. The third-order valence-electron chi connectivity index (χ3n) is 3.54. The largest absolute Gasteiger partial charge is 0.481 e. The number of rotatable bonds is 7. The van der Waals surface area contributed by atoms with Crippen LogP contribution < -0.4 is 5.32 Å². The number of amides is 2. The van der Waals surface area contributed by atoms with Crippen molar-refractivity contribution in [2.24, 2.45) is 11.8 Å². The van der Waals surface area contributed by atoms with Gasteiger partial charge in [-0.05, 0) is 12.8 Å². The number of hydrogen-bond acceptors (Lipinski definition) is 4. The number of hydrogen-bond donors (Lipinski definition) is 2. The molecular weight excluding hydrogens is 264 g/mol. The van der Waals surface area contributed by atoms with E-state index >= 15 is 0 Å². The van der Waals surface area contributed by atoms with Crippen molar-refractivity contribution in [3.63, 3.8) is 0 Å². The van der Waals surface area contributed by atoms with Crippen molar-refractivity contribution >= 4 is 17.8 Å². The first-order chi connectivity index (χ1) is 9.47. The first-order valence-corrected chi connectivity index (χ1v) is 6.70. The van der Waals surface area contributed by atoms with Gasteiger partial charge in [-0.2, -0.15) is 0 Å². The molecule has 114 valence electrons. The molecule has 7 nitrogen and oxygen atoms in total. The Balaban J connectivity index is 2.46. The molecule has 2 atom stereocenters. The molecule has 2 amide bonds. The lowest BCUT2D eigenvalue weighted by atomic mass is 9.95. The van der Waals surface area contributed by atoms with E-state index in [1.165, 1.54) is 19.1 Å². The van der Waals surface area contributed by atoms with Crippen molar-refractivity contribution in [1.29, 1.82) is 0 Å². The highest BCUT2D eigenvalue weighted by Crippen LogP contribution is 2.33. The summed E-state index contributed by atoms with van der Waals surface area (Å²) in [5.41, 5.74) is 0. The molecule has 0 bridgehead atoms. The minimum absolute atomic E-state index is 0.0641. The molecule has 0 saturated heterocycles. The molecule has 7 heteroatoms. The highest BCUT2D eigenvalue weighted by atomic mass is 16.5. The van der Waals surface area contributed by atoms with Gasteiger partial charge in [0.1, 0.15) is 0 Å². The minimum atomic E-state index is -0.932. The fourth-order valence-corrected chi connectivity index (χ4v) is 2.48. The van der Waals surface area contributed by atoms with E-state index in [1.807, 2.05) is 0 Å². The number of carboxylic acids is 1. The molecule has 1 saturated carbocycles. The van der Waals surface area contributed by atoms with Crippen molar-refractivity contribution in [3.8, 4) is 0 Å². The van der Waals surface area contributed by atoms with Crippen LogP contribution in [-0.2, 0) is 19.1 Å². The predicted molar refractivity (Wildman–Crippen MR) is 71.0 cm³/mol. The van der Waals surface area contributed by atoms with Crippen LogP contribution in [0.4, 0.5) is 0 Å². The average molecular weight is 286 g/mol. The summed E-state index contributed by atoms with van der Waals surface area (Å²) in [6.07, 6.45) is 1.84. The monoisotopic (exact) mass is 286 g/mol. The van der Waals surface area contributed by atoms with Crippen LogP contribution in [0.25, 0.3) is 0 Å². The zero-order chi connectivity index (χ0) is 15.1. The maximum atomic E-state index is 12.2. The van der Waals surface area contributed by atoms with E-state index in [1.54, 1.807) is 0 Å². The number of likely N-dealkylation sites (N-methyl/N-ethyl adjacent to an activating group) is 1. The molecule has 0 aliphatic heterocycles. The van der Waals surface area contributed by atoms with Gasteiger partial charge in [0.25, 0.3) is 0 Å². The predicted octanol–water partition coefficient (Wildman–Crippen LogP) is -0.292. The first kappa shape index (κ1) is 16.4. The van der Waals surface area contributed by atoms with Gasteiger partial charge in [-0.25, -0.2) is 0 Å². The lowest BCUT2D eigenvalue weighted by molar-refractivity contribution is -0.149. The molecule has 0 radical (unpaired) electrons. The Labute approximate surface area is 118 Å². The number of methoxy groups -OCH3 is 1. The van der Waals surface area contributed by atoms with Crippen LogP contribution in [0.3, 0.4) is 0 Å². The fourth-order valence-electron chi connectivity index (χ4n) is 2.48. The van der Waals surface area contributed by atoms with E-state index in [9.17, 15) is 14.4 Å². The van der Waals surface area contributed by atoms with Crippen LogP contribution >= 0.6 is 0 Å². The molecule has 1 aliphatic rings. The molecule has 0 aromatic heterocycles. The molecule has 0 aromatic rings. The zero-order valence-electron chi connectivity index (χ0n) is 11.9. The highest BCUT2D eigenvalue weighted by molar-refractivity contribution is 5.88. The van der Waals surface area contributed by atoms with Gasteiger partial charge in [0.05, 0.1) is 25.0 Å². The molecule has 20 heavy (non-hydrogen) atoms. The van der Waals surface area contributed by atoms with Gasteiger partial charge in [0.15, 0.2) is 0 Å². The lowest BCUT2D eigenvalue weighted by Crippen LogP contribution is -2.43. The third kappa shape index (κ3) is 4.48. The quantitative estimate of drug-likeness (QED) is 0.627. The molecule has 2 N–H and O–H groups in total. The molecule has 0 heterocycles. The van der Waals surface area contributed by atoms with Crippen LogP contribution in [-0.4, -0.2) is 61.6 Å². The average Bonchev–Trinajstić information content (AvgIpc) is 2.87. The molecule has 1 rings (SSSR count). The van der Waals surface area contributed by atoms with Crippen molar-refractivity contribution in [3.05, 3.63) is 0 Å². The second kappa shape index (κ2) is 7.84. The fraction of sp³-hybridized carbons (Fsp3) is 0.769. The normalized spacial score (nSPS) is 21.5. The van der Waals surface area contributed by atoms with Crippen LogP contribution in [0.1, 0.15) is 19.3 Å². The number of nitrogens with one attached hydrogen (secondary N) is 1. The van der Waals surface area contributed by atoms with Crippen LogP contribution in [0, 0.1) is 11.8 Å². The maximum Gasteiger partial charge on any atom is 0.307 e. The molecular formula is C13H22N2O5. The number of nitrogens with zero attached hydrogens (tertiary/aromatic N) is 1. The van der Waals surface area contributed by atoms with Gasteiger partial charge in [-0.3, -0.25) is 14.4 Å². The summed E-state index contributed by atoms with van der Waals surface area (Å²) in [7, 11) is 3.06. The summed E-state index contributed by atoms with van der Waals surface area (Å²) in [6, 6.07) is 0. The molecule has 0 unspecified atom stereocenters. The lowest BCUT2D eigenvalue weighted by Gasteiger charge is -2.23. The summed E-state index contributed by atoms with van der Waals surface area (Å²) in [4.78, 5) is 36.1. The van der Waals surface area contributed by atoms with Gasteiger partial charge < -0.3 is 20.1 Å². The van der Waals surface area contributed by atoms with E-state index in [0.717, 1.165) is 6.42 Å². The number of ether oxygens (including phenoxy) is 1. The van der Waals surface area contributed by atoms with Gasteiger partial charge in [0.2, 0.25) is 11.8 Å².